The molecule has 0 saturated heterocycles. The molecule has 2 nitrogen and oxygen atoms in total. The van der Waals surface area contributed by atoms with Crippen molar-refractivity contribution in [2.24, 2.45) is 11.1 Å². The Hall–Kier alpha value is -1.23. The zero-order chi connectivity index (χ0) is 12.5. The summed E-state index contributed by atoms with van der Waals surface area (Å²) in [4.78, 5) is 0. The van der Waals surface area contributed by atoms with E-state index < -0.39 is 11.6 Å². The summed E-state index contributed by atoms with van der Waals surface area (Å²) in [6, 6.07) is 6.85. The fraction of sp³-hybridized carbons (Fsp3) is 0.500. The van der Waals surface area contributed by atoms with E-state index in [1.54, 1.807) is 18.2 Å². The second-order valence-corrected chi connectivity index (χ2v) is 4.42. The first-order valence-electron chi connectivity index (χ1n) is 5.45. The lowest BCUT2D eigenvalue weighted by Crippen LogP contribution is -2.30. The lowest BCUT2D eigenvalue weighted by Gasteiger charge is -2.19. The Morgan fingerprint density at radius 1 is 1.29 bits per heavy atom. The van der Waals surface area contributed by atoms with Crippen molar-refractivity contribution < 1.29 is 17.9 Å². The summed E-state index contributed by atoms with van der Waals surface area (Å²) in [5.74, 6) is 0.448. The van der Waals surface area contributed by atoms with Crippen LogP contribution in [0.3, 0.4) is 0 Å². The van der Waals surface area contributed by atoms with E-state index in [1.165, 1.54) is 0 Å². The molecule has 1 saturated carbocycles. The number of benzene rings is 1. The summed E-state index contributed by atoms with van der Waals surface area (Å²) in [6.45, 7) is 0.0478. The highest BCUT2D eigenvalue weighted by atomic mass is 19.4. The molecule has 0 bridgehead atoms. The van der Waals surface area contributed by atoms with Crippen molar-refractivity contribution in [3.63, 3.8) is 0 Å². The number of alkyl halides is 3. The minimum Gasteiger partial charge on any atom is -0.493 e. The van der Waals surface area contributed by atoms with Gasteiger partial charge in [0.25, 0.3) is 0 Å². The summed E-state index contributed by atoms with van der Waals surface area (Å²) in [5, 5.41) is 0. The van der Waals surface area contributed by atoms with Gasteiger partial charge in [0.1, 0.15) is 17.8 Å². The molecule has 0 atom stereocenters. The van der Waals surface area contributed by atoms with Gasteiger partial charge in [-0.05, 0) is 30.5 Å². The van der Waals surface area contributed by atoms with Crippen LogP contribution in [0, 0.1) is 5.41 Å². The van der Waals surface area contributed by atoms with Gasteiger partial charge in [-0.2, -0.15) is 13.2 Å². The van der Waals surface area contributed by atoms with Gasteiger partial charge in [-0.15, -0.1) is 0 Å². The maximum absolute atomic E-state index is 12.6. The number of nitrogens with two attached hydrogens (primary N) is 1. The molecule has 2 N–H and O–H groups in total. The van der Waals surface area contributed by atoms with Crippen LogP contribution < -0.4 is 10.5 Å². The van der Waals surface area contributed by atoms with Crippen LogP contribution in [0.25, 0.3) is 0 Å². The molecule has 1 aromatic carbocycles. The van der Waals surface area contributed by atoms with E-state index in [9.17, 15) is 13.2 Å². The van der Waals surface area contributed by atoms with Crippen LogP contribution in [0.15, 0.2) is 24.3 Å². The van der Waals surface area contributed by atoms with Gasteiger partial charge in [0.05, 0.1) is 0 Å². The quantitative estimate of drug-likeness (QED) is 0.885. The molecule has 17 heavy (non-hydrogen) atoms. The third kappa shape index (κ3) is 2.54. The lowest BCUT2D eigenvalue weighted by molar-refractivity contribution is -0.194. The van der Waals surface area contributed by atoms with Crippen LogP contribution >= 0.6 is 0 Å². The van der Waals surface area contributed by atoms with Crippen molar-refractivity contribution in [3.8, 4) is 5.75 Å². The van der Waals surface area contributed by atoms with Gasteiger partial charge < -0.3 is 10.5 Å². The Bertz CT molecular complexity index is 399. The van der Waals surface area contributed by atoms with Crippen LogP contribution in [0.4, 0.5) is 13.2 Å². The van der Waals surface area contributed by atoms with Crippen molar-refractivity contribution in [1.29, 1.82) is 0 Å². The highest BCUT2D eigenvalue weighted by molar-refractivity contribution is 5.28. The standard InChI is InChI=1S/C12H14F3NO/c13-12(14,15)11(4-5-11)8-17-10-3-1-2-9(6-10)7-16/h1-3,6H,4-5,7-8,16H2. The van der Waals surface area contributed by atoms with Crippen LogP contribution in [0.5, 0.6) is 5.75 Å². The molecular weight excluding hydrogens is 231 g/mol. The zero-order valence-electron chi connectivity index (χ0n) is 9.26. The van der Waals surface area contributed by atoms with Gasteiger partial charge in [0, 0.05) is 6.54 Å². The summed E-state index contributed by atoms with van der Waals surface area (Å²) in [5.41, 5.74) is 4.67. The highest BCUT2D eigenvalue weighted by Gasteiger charge is 2.63. The van der Waals surface area contributed by atoms with Gasteiger partial charge in [0.2, 0.25) is 0 Å². The number of ether oxygens (including phenoxy) is 1. The van der Waals surface area contributed by atoms with Gasteiger partial charge in [-0.3, -0.25) is 0 Å². The van der Waals surface area contributed by atoms with E-state index >= 15 is 0 Å². The van der Waals surface area contributed by atoms with Crippen molar-refractivity contribution >= 4 is 0 Å². The van der Waals surface area contributed by atoms with Gasteiger partial charge >= 0.3 is 6.18 Å². The Labute approximate surface area is 97.6 Å². The zero-order valence-corrected chi connectivity index (χ0v) is 9.26. The van der Waals surface area contributed by atoms with E-state index in [-0.39, 0.29) is 19.4 Å². The Kier molecular flexibility index (Phi) is 3.03. The minimum absolute atomic E-state index is 0.160. The molecule has 0 aliphatic heterocycles. The van der Waals surface area contributed by atoms with Crippen molar-refractivity contribution in [2.45, 2.75) is 25.6 Å². The predicted molar refractivity (Wildman–Crippen MR) is 57.6 cm³/mol. The van der Waals surface area contributed by atoms with Crippen LogP contribution in [-0.4, -0.2) is 12.8 Å². The van der Waals surface area contributed by atoms with E-state index in [4.69, 9.17) is 10.5 Å². The van der Waals surface area contributed by atoms with E-state index in [0.29, 0.717) is 12.3 Å². The van der Waals surface area contributed by atoms with Crippen molar-refractivity contribution in [1.82, 2.24) is 0 Å². The first-order chi connectivity index (χ1) is 7.97. The number of halogens is 3. The second-order valence-electron chi connectivity index (χ2n) is 4.42. The molecule has 0 radical (unpaired) electrons. The maximum Gasteiger partial charge on any atom is 0.397 e. The molecule has 0 spiro atoms. The summed E-state index contributed by atoms with van der Waals surface area (Å²) >= 11 is 0. The third-order valence-electron chi connectivity index (χ3n) is 3.10. The fourth-order valence-electron chi connectivity index (χ4n) is 1.64. The number of hydrogen-bond donors (Lipinski definition) is 1. The monoisotopic (exact) mass is 245 g/mol. The average molecular weight is 245 g/mol. The van der Waals surface area contributed by atoms with Crippen LogP contribution in [0.1, 0.15) is 18.4 Å². The predicted octanol–water partition coefficient (Wildman–Crippen LogP) is 2.87. The van der Waals surface area contributed by atoms with Gasteiger partial charge in [0.15, 0.2) is 0 Å². The average Bonchev–Trinajstić information content (AvgIpc) is 3.07. The normalized spacial score (nSPS) is 17.9. The highest BCUT2D eigenvalue weighted by Crippen LogP contribution is 2.57. The molecule has 0 unspecified atom stereocenters. The third-order valence-corrected chi connectivity index (χ3v) is 3.10. The molecule has 2 rings (SSSR count). The molecule has 1 fully saturated rings. The number of hydrogen-bond acceptors (Lipinski definition) is 2. The SMILES string of the molecule is NCc1cccc(OCC2(C(F)(F)F)CC2)c1. The van der Waals surface area contributed by atoms with E-state index in [0.717, 1.165) is 5.56 Å². The lowest BCUT2D eigenvalue weighted by atomic mass is 10.1. The molecule has 1 aromatic rings. The van der Waals surface area contributed by atoms with Crippen molar-refractivity contribution in [2.75, 3.05) is 6.61 Å². The second kappa shape index (κ2) is 4.22. The molecule has 0 aromatic heterocycles. The van der Waals surface area contributed by atoms with Crippen LogP contribution in [0.2, 0.25) is 0 Å². The molecule has 94 valence electrons. The smallest absolute Gasteiger partial charge is 0.397 e. The molecule has 0 amide bonds. The van der Waals surface area contributed by atoms with Gasteiger partial charge in [-0.25, -0.2) is 0 Å². The maximum atomic E-state index is 12.6. The largest absolute Gasteiger partial charge is 0.493 e. The van der Waals surface area contributed by atoms with E-state index in [2.05, 4.69) is 0 Å². The number of rotatable bonds is 4. The summed E-state index contributed by atoms with van der Waals surface area (Å²) in [7, 11) is 0. The molecule has 1 aliphatic rings. The Morgan fingerprint density at radius 3 is 2.53 bits per heavy atom. The molecule has 0 heterocycles. The first-order valence-corrected chi connectivity index (χ1v) is 5.45. The summed E-state index contributed by atoms with van der Waals surface area (Å²) < 4.78 is 43.2. The van der Waals surface area contributed by atoms with Gasteiger partial charge in [-0.1, -0.05) is 12.1 Å². The Morgan fingerprint density at radius 2 is 2.00 bits per heavy atom. The summed E-state index contributed by atoms with van der Waals surface area (Å²) in [6.07, 6.45) is -3.85. The molecular formula is C12H14F3NO. The first kappa shape index (κ1) is 12.2. The molecule has 5 heteroatoms. The molecule has 1 aliphatic carbocycles. The minimum atomic E-state index is -4.17. The topological polar surface area (TPSA) is 35.2 Å². The van der Waals surface area contributed by atoms with E-state index in [1.807, 2.05) is 6.07 Å². The fourth-order valence-corrected chi connectivity index (χ4v) is 1.64. The van der Waals surface area contributed by atoms with Crippen molar-refractivity contribution in [3.05, 3.63) is 29.8 Å². The van der Waals surface area contributed by atoms with Crippen LogP contribution in [-0.2, 0) is 6.54 Å². The Balaban J connectivity index is 1.98.